The van der Waals surface area contributed by atoms with Crippen LogP contribution in [-0.4, -0.2) is 12.3 Å². The number of benzene rings is 1. The van der Waals surface area contributed by atoms with E-state index in [0.29, 0.717) is 5.56 Å². The molecule has 1 aromatic carbocycles. The minimum absolute atomic E-state index is 0.232. The standard InChI is InChI=1S/C10H12ClNO/c1-7(12-2)8-4-3-5-9(6-8)10(11)13/h3-7,12H,1-2H3/t7-/m0/s1. The smallest absolute Gasteiger partial charge is 0.252 e. The predicted molar refractivity (Wildman–Crippen MR) is 54.1 cm³/mol. The lowest BCUT2D eigenvalue weighted by Gasteiger charge is -2.10. The Labute approximate surface area is 82.9 Å². The van der Waals surface area contributed by atoms with Crippen LogP contribution in [0.25, 0.3) is 0 Å². The zero-order valence-corrected chi connectivity index (χ0v) is 8.43. The molecule has 1 rings (SSSR count). The Kier molecular flexibility index (Phi) is 3.46. The summed E-state index contributed by atoms with van der Waals surface area (Å²) in [5, 5.41) is 2.68. The van der Waals surface area contributed by atoms with Crippen molar-refractivity contribution < 1.29 is 4.79 Å². The summed E-state index contributed by atoms with van der Waals surface area (Å²) in [6.07, 6.45) is 0. The van der Waals surface area contributed by atoms with Crippen LogP contribution in [0.15, 0.2) is 24.3 Å². The molecule has 0 saturated heterocycles. The zero-order valence-electron chi connectivity index (χ0n) is 7.67. The van der Waals surface area contributed by atoms with Crippen molar-refractivity contribution in [2.75, 3.05) is 7.05 Å². The molecule has 1 N–H and O–H groups in total. The van der Waals surface area contributed by atoms with Crippen molar-refractivity contribution >= 4 is 16.8 Å². The van der Waals surface area contributed by atoms with Gasteiger partial charge in [-0.2, -0.15) is 0 Å². The Bertz CT molecular complexity index is 312. The van der Waals surface area contributed by atoms with Crippen molar-refractivity contribution in [3.8, 4) is 0 Å². The van der Waals surface area contributed by atoms with Crippen LogP contribution in [0.3, 0.4) is 0 Å². The van der Waals surface area contributed by atoms with Crippen molar-refractivity contribution in [1.29, 1.82) is 0 Å². The molecule has 70 valence electrons. The molecule has 0 heterocycles. The minimum Gasteiger partial charge on any atom is -0.313 e. The average Bonchev–Trinajstić information content (AvgIpc) is 2.17. The third-order valence-electron chi connectivity index (χ3n) is 2.05. The molecular weight excluding hydrogens is 186 g/mol. The molecule has 0 spiro atoms. The first-order valence-electron chi connectivity index (χ1n) is 4.12. The van der Waals surface area contributed by atoms with Crippen LogP contribution in [0, 0.1) is 0 Å². The quantitative estimate of drug-likeness (QED) is 0.754. The van der Waals surface area contributed by atoms with Gasteiger partial charge in [0.25, 0.3) is 5.24 Å². The molecule has 3 heteroatoms. The van der Waals surface area contributed by atoms with Gasteiger partial charge in [-0.25, -0.2) is 0 Å². The van der Waals surface area contributed by atoms with E-state index in [0.717, 1.165) is 5.56 Å². The molecular formula is C10H12ClNO. The molecule has 0 aliphatic heterocycles. The highest BCUT2D eigenvalue weighted by Gasteiger charge is 2.05. The first-order valence-corrected chi connectivity index (χ1v) is 4.50. The Balaban J connectivity index is 2.98. The maximum atomic E-state index is 10.9. The van der Waals surface area contributed by atoms with Crippen molar-refractivity contribution in [3.63, 3.8) is 0 Å². The van der Waals surface area contributed by atoms with E-state index in [1.165, 1.54) is 0 Å². The van der Waals surface area contributed by atoms with Gasteiger partial charge >= 0.3 is 0 Å². The third kappa shape index (κ3) is 2.54. The Morgan fingerprint density at radius 1 is 1.54 bits per heavy atom. The molecule has 2 nitrogen and oxygen atoms in total. The fourth-order valence-electron chi connectivity index (χ4n) is 1.10. The highest BCUT2D eigenvalue weighted by molar-refractivity contribution is 6.67. The van der Waals surface area contributed by atoms with Crippen molar-refractivity contribution in [1.82, 2.24) is 5.32 Å². The van der Waals surface area contributed by atoms with Crippen LogP contribution in [0.1, 0.15) is 28.9 Å². The average molecular weight is 198 g/mol. The van der Waals surface area contributed by atoms with E-state index >= 15 is 0 Å². The second kappa shape index (κ2) is 4.40. The predicted octanol–water partition coefficient (Wildman–Crippen LogP) is 2.35. The normalized spacial score (nSPS) is 12.5. The van der Waals surface area contributed by atoms with Crippen LogP contribution >= 0.6 is 11.6 Å². The molecule has 0 saturated carbocycles. The van der Waals surface area contributed by atoms with Crippen LogP contribution in [-0.2, 0) is 0 Å². The molecule has 0 unspecified atom stereocenters. The molecule has 0 amide bonds. The Morgan fingerprint density at radius 2 is 2.23 bits per heavy atom. The van der Waals surface area contributed by atoms with E-state index in [1.807, 2.05) is 26.1 Å². The lowest BCUT2D eigenvalue weighted by atomic mass is 10.1. The van der Waals surface area contributed by atoms with Gasteiger partial charge in [0.05, 0.1) is 0 Å². The van der Waals surface area contributed by atoms with Crippen molar-refractivity contribution in [3.05, 3.63) is 35.4 Å². The van der Waals surface area contributed by atoms with Gasteiger partial charge in [0, 0.05) is 11.6 Å². The summed E-state index contributed by atoms with van der Waals surface area (Å²) in [6, 6.07) is 7.54. The lowest BCUT2D eigenvalue weighted by molar-refractivity contribution is 0.108. The molecule has 0 aliphatic rings. The summed E-state index contributed by atoms with van der Waals surface area (Å²) in [5.74, 6) is 0. The summed E-state index contributed by atoms with van der Waals surface area (Å²) >= 11 is 5.36. The van der Waals surface area contributed by atoms with Gasteiger partial charge in [0.15, 0.2) is 0 Å². The monoisotopic (exact) mass is 197 g/mol. The van der Waals surface area contributed by atoms with Gasteiger partial charge in [-0.3, -0.25) is 4.79 Å². The molecule has 0 radical (unpaired) electrons. The number of hydrogen-bond donors (Lipinski definition) is 1. The first-order chi connectivity index (χ1) is 6.15. The maximum absolute atomic E-state index is 10.9. The van der Waals surface area contributed by atoms with Crippen molar-refractivity contribution in [2.24, 2.45) is 0 Å². The fraction of sp³-hybridized carbons (Fsp3) is 0.300. The van der Waals surface area contributed by atoms with Crippen LogP contribution in [0.5, 0.6) is 0 Å². The van der Waals surface area contributed by atoms with Gasteiger partial charge < -0.3 is 5.32 Å². The molecule has 0 aliphatic carbocycles. The van der Waals surface area contributed by atoms with Crippen LogP contribution in [0.4, 0.5) is 0 Å². The number of rotatable bonds is 3. The summed E-state index contributed by atoms with van der Waals surface area (Å²) in [7, 11) is 1.87. The van der Waals surface area contributed by atoms with Crippen LogP contribution < -0.4 is 5.32 Å². The second-order valence-corrected chi connectivity index (χ2v) is 3.25. The van der Waals surface area contributed by atoms with E-state index in [1.54, 1.807) is 12.1 Å². The van der Waals surface area contributed by atoms with Gasteiger partial charge in [-0.15, -0.1) is 0 Å². The topological polar surface area (TPSA) is 29.1 Å². The van der Waals surface area contributed by atoms with Crippen LogP contribution in [0.2, 0.25) is 0 Å². The van der Waals surface area contributed by atoms with E-state index < -0.39 is 5.24 Å². The number of nitrogens with one attached hydrogen (secondary N) is 1. The SMILES string of the molecule is CN[C@@H](C)c1cccc(C(=O)Cl)c1. The highest BCUT2D eigenvalue weighted by atomic mass is 35.5. The largest absolute Gasteiger partial charge is 0.313 e. The number of halogens is 1. The third-order valence-corrected chi connectivity index (χ3v) is 2.26. The first kappa shape index (κ1) is 10.2. The Morgan fingerprint density at radius 3 is 2.77 bits per heavy atom. The van der Waals surface area contributed by atoms with E-state index in [2.05, 4.69) is 5.32 Å². The second-order valence-electron chi connectivity index (χ2n) is 2.91. The molecule has 1 atom stereocenters. The van der Waals surface area contributed by atoms with Gasteiger partial charge in [-0.05, 0) is 37.2 Å². The number of carbonyl (C=O) groups excluding carboxylic acids is 1. The van der Waals surface area contributed by atoms with Crippen molar-refractivity contribution in [2.45, 2.75) is 13.0 Å². The van der Waals surface area contributed by atoms with E-state index in [9.17, 15) is 4.79 Å². The van der Waals surface area contributed by atoms with E-state index in [-0.39, 0.29) is 6.04 Å². The maximum Gasteiger partial charge on any atom is 0.252 e. The summed E-state index contributed by atoms with van der Waals surface area (Å²) in [6.45, 7) is 2.03. The molecule has 1 aromatic rings. The fourth-order valence-corrected chi connectivity index (χ4v) is 1.21. The molecule has 0 aromatic heterocycles. The Hall–Kier alpha value is -0.860. The summed E-state index contributed by atoms with van der Waals surface area (Å²) < 4.78 is 0. The number of carbonyl (C=O) groups is 1. The lowest BCUT2D eigenvalue weighted by Crippen LogP contribution is -2.12. The molecule has 13 heavy (non-hydrogen) atoms. The van der Waals surface area contributed by atoms with Gasteiger partial charge in [0.1, 0.15) is 0 Å². The van der Waals surface area contributed by atoms with Gasteiger partial charge in [-0.1, -0.05) is 18.2 Å². The summed E-state index contributed by atoms with van der Waals surface area (Å²) in [4.78, 5) is 10.9. The molecule has 0 fully saturated rings. The summed E-state index contributed by atoms with van der Waals surface area (Å²) in [5.41, 5.74) is 1.61. The molecule has 0 bridgehead atoms. The van der Waals surface area contributed by atoms with Gasteiger partial charge in [0.2, 0.25) is 0 Å². The number of hydrogen-bond acceptors (Lipinski definition) is 2. The zero-order chi connectivity index (χ0) is 9.84. The minimum atomic E-state index is -0.412. The van der Waals surface area contributed by atoms with E-state index in [4.69, 9.17) is 11.6 Å². The highest BCUT2D eigenvalue weighted by Crippen LogP contribution is 2.14.